The molecule has 2 amide bonds. The molecule has 0 saturated carbocycles. The van der Waals surface area contributed by atoms with E-state index in [9.17, 15) is 9.59 Å². The second kappa shape index (κ2) is 12.1. The molecule has 2 atom stereocenters. The van der Waals surface area contributed by atoms with Crippen molar-refractivity contribution in [1.82, 2.24) is 10.2 Å². The molecule has 0 aliphatic heterocycles. The van der Waals surface area contributed by atoms with Gasteiger partial charge in [-0.05, 0) is 68.5 Å². The summed E-state index contributed by atoms with van der Waals surface area (Å²) in [7, 11) is 0. The largest absolute Gasteiger partial charge is 0.483 e. The maximum absolute atomic E-state index is 13.3. The normalized spacial score (nSPS) is 12.7. The van der Waals surface area contributed by atoms with Gasteiger partial charge in [0.1, 0.15) is 11.8 Å². The van der Waals surface area contributed by atoms with Gasteiger partial charge in [-0.25, -0.2) is 0 Å². The number of amides is 2. The van der Waals surface area contributed by atoms with E-state index in [1.807, 2.05) is 52.8 Å². The highest BCUT2D eigenvalue weighted by Gasteiger charge is 2.29. The summed E-state index contributed by atoms with van der Waals surface area (Å²) >= 11 is 12.2. The van der Waals surface area contributed by atoms with Gasteiger partial charge in [0.25, 0.3) is 5.91 Å². The first-order valence-corrected chi connectivity index (χ1v) is 11.7. The second-order valence-corrected chi connectivity index (χ2v) is 8.88. The van der Waals surface area contributed by atoms with Gasteiger partial charge >= 0.3 is 0 Å². The van der Waals surface area contributed by atoms with E-state index in [0.29, 0.717) is 22.2 Å². The van der Waals surface area contributed by atoms with Gasteiger partial charge < -0.3 is 15.0 Å². The lowest BCUT2D eigenvalue weighted by Gasteiger charge is -2.31. The SMILES string of the molecule is CC[C@H](C(=O)N[C@@H](C)CC)N(Cc1ccc(Cl)c(Cl)c1)C(=O)COc1cc(C)ccc1C. The minimum absolute atomic E-state index is 0.0182. The van der Waals surface area contributed by atoms with E-state index >= 15 is 0 Å². The molecule has 174 valence electrons. The van der Waals surface area contributed by atoms with E-state index < -0.39 is 6.04 Å². The van der Waals surface area contributed by atoms with Crippen LogP contribution in [-0.2, 0) is 16.1 Å². The third kappa shape index (κ3) is 7.14. The van der Waals surface area contributed by atoms with Crippen LogP contribution in [0.4, 0.5) is 0 Å². The summed E-state index contributed by atoms with van der Waals surface area (Å²) in [6.07, 6.45) is 1.28. The van der Waals surface area contributed by atoms with Gasteiger partial charge in [0.2, 0.25) is 5.91 Å². The van der Waals surface area contributed by atoms with Crippen molar-refractivity contribution in [2.24, 2.45) is 0 Å². The molecule has 0 saturated heterocycles. The third-order valence-electron chi connectivity index (χ3n) is 5.42. The first-order chi connectivity index (χ1) is 15.2. The second-order valence-electron chi connectivity index (χ2n) is 8.07. The Hall–Kier alpha value is -2.24. The fourth-order valence-corrected chi connectivity index (χ4v) is 3.60. The number of hydrogen-bond acceptors (Lipinski definition) is 3. The number of carbonyl (C=O) groups is 2. The molecule has 0 aliphatic carbocycles. The number of aryl methyl sites for hydroxylation is 2. The Bertz CT molecular complexity index is 949. The van der Waals surface area contributed by atoms with Gasteiger partial charge in [0.05, 0.1) is 10.0 Å². The molecule has 0 bridgehead atoms. The molecular weight excluding hydrogens is 447 g/mol. The lowest BCUT2D eigenvalue weighted by atomic mass is 10.1. The van der Waals surface area contributed by atoms with E-state index in [1.165, 1.54) is 0 Å². The number of nitrogens with one attached hydrogen (secondary N) is 1. The van der Waals surface area contributed by atoms with Crippen LogP contribution in [0.3, 0.4) is 0 Å². The molecule has 5 nitrogen and oxygen atoms in total. The molecule has 0 fully saturated rings. The summed E-state index contributed by atoms with van der Waals surface area (Å²) in [4.78, 5) is 27.8. The summed E-state index contributed by atoms with van der Waals surface area (Å²) in [5, 5.41) is 3.83. The molecule has 0 heterocycles. The Kier molecular flexibility index (Phi) is 9.85. The molecule has 0 spiro atoms. The van der Waals surface area contributed by atoms with Crippen molar-refractivity contribution in [3.63, 3.8) is 0 Å². The Morgan fingerprint density at radius 1 is 1.03 bits per heavy atom. The zero-order valence-corrected chi connectivity index (χ0v) is 20.9. The Morgan fingerprint density at radius 2 is 1.75 bits per heavy atom. The quantitative estimate of drug-likeness (QED) is 0.475. The highest BCUT2D eigenvalue weighted by atomic mass is 35.5. The van der Waals surface area contributed by atoms with E-state index in [4.69, 9.17) is 27.9 Å². The van der Waals surface area contributed by atoms with Crippen LogP contribution in [0.1, 0.15) is 50.3 Å². The number of halogens is 2. The zero-order chi connectivity index (χ0) is 23.8. The molecule has 0 radical (unpaired) electrons. The highest BCUT2D eigenvalue weighted by Crippen LogP contribution is 2.24. The molecule has 2 rings (SSSR count). The maximum atomic E-state index is 13.3. The topological polar surface area (TPSA) is 58.6 Å². The summed E-state index contributed by atoms with van der Waals surface area (Å²) in [5.74, 6) is 0.204. The molecule has 0 unspecified atom stereocenters. The smallest absolute Gasteiger partial charge is 0.261 e. The Labute approximate surface area is 201 Å². The lowest BCUT2D eigenvalue weighted by molar-refractivity contribution is -0.143. The first-order valence-electron chi connectivity index (χ1n) is 10.9. The molecule has 2 aromatic rings. The van der Waals surface area contributed by atoms with Crippen LogP contribution in [0.15, 0.2) is 36.4 Å². The van der Waals surface area contributed by atoms with Gasteiger partial charge in [-0.1, -0.05) is 55.2 Å². The van der Waals surface area contributed by atoms with Gasteiger partial charge in [0, 0.05) is 12.6 Å². The predicted octanol–water partition coefficient (Wildman–Crippen LogP) is 5.71. The number of nitrogens with zero attached hydrogens (tertiary/aromatic N) is 1. The Balaban J connectivity index is 2.28. The molecular formula is C25H32Cl2N2O3. The van der Waals surface area contributed by atoms with E-state index in [0.717, 1.165) is 23.1 Å². The number of carbonyl (C=O) groups excluding carboxylic acids is 2. The van der Waals surface area contributed by atoms with Crippen molar-refractivity contribution in [1.29, 1.82) is 0 Å². The number of rotatable bonds is 10. The minimum atomic E-state index is -0.631. The van der Waals surface area contributed by atoms with Crippen LogP contribution >= 0.6 is 23.2 Å². The Morgan fingerprint density at radius 3 is 2.38 bits per heavy atom. The fourth-order valence-electron chi connectivity index (χ4n) is 3.28. The van der Waals surface area contributed by atoms with Crippen LogP contribution in [0.5, 0.6) is 5.75 Å². The number of hydrogen-bond donors (Lipinski definition) is 1. The monoisotopic (exact) mass is 478 g/mol. The predicted molar refractivity (Wildman–Crippen MR) is 130 cm³/mol. The number of benzene rings is 2. The third-order valence-corrected chi connectivity index (χ3v) is 6.16. The maximum Gasteiger partial charge on any atom is 0.261 e. The van der Waals surface area contributed by atoms with Crippen LogP contribution in [-0.4, -0.2) is 35.4 Å². The van der Waals surface area contributed by atoms with Crippen molar-refractivity contribution < 1.29 is 14.3 Å². The van der Waals surface area contributed by atoms with Crippen LogP contribution in [0, 0.1) is 13.8 Å². The van der Waals surface area contributed by atoms with Crippen LogP contribution in [0.25, 0.3) is 0 Å². The molecule has 7 heteroatoms. The zero-order valence-electron chi connectivity index (χ0n) is 19.4. The van der Waals surface area contributed by atoms with Crippen LogP contribution in [0.2, 0.25) is 10.0 Å². The average Bonchev–Trinajstić information content (AvgIpc) is 2.76. The fraction of sp³-hybridized carbons (Fsp3) is 0.440. The van der Waals surface area contributed by atoms with Crippen molar-refractivity contribution in [2.45, 2.75) is 66.1 Å². The van der Waals surface area contributed by atoms with E-state index in [-0.39, 0.29) is 31.0 Å². The minimum Gasteiger partial charge on any atom is -0.483 e. The van der Waals surface area contributed by atoms with E-state index in [2.05, 4.69) is 5.32 Å². The summed E-state index contributed by atoms with van der Waals surface area (Å²) < 4.78 is 5.85. The average molecular weight is 479 g/mol. The van der Waals surface area contributed by atoms with Gasteiger partial charge in [-0.3, -0.25) is 9.59 Å². The number of ether oxygens (including phenoxy) is 1. The summed E-state index contributed by atoms with van der Waals surface area (Å²) in [5.41, 5.74) is 2.78. The molecule has 0 aliphatic rings. The van der Waals surface area contributed by atoms with Crippen molar-refractivity contribution in [2.75, 3.05) is 6.61 Å². The molecule has 1 N–H and O–H groups in total. The van der Waals surface area contributed by atoms with Crippen LogP contribution < -0.4 is 10.1 Å². The highest BCUT2D eigenvalue weighted by molar-refractivity contribution is 6.42. The van der Waals surface area contributed by atoms with Crippen molar-refractivity contribution >= 4 is 35.0 Å². The van der Waals surface area contributed by atoms with Crippen molar-refractivity contribution in [3.05, 3.63) is 63.1 Å². The van der Waals surface area contributed by atoms with Gasteiger partial charge in [-0.15, -0.1) is 0 Å². The first kappa shape index (κ1) is 26.0. The van der Waals surface area contributed by atoms with Crippen molar-refractivity contribution in [3.8, 4) is 5.75 Å². The summed E-state index contributed by atoms with van der Waals surface area (Å²) in [6, 6.07) is 10.4. The lowest BCUT2D eigenvalue weighted by Crippen LogP contribution is -2.51. The summed E-state index contributed by atoms with van der Waals surface area (Å²) in [6.45, 7) is 9.79. The molecule has 0 aromatic heterocycles. The molecule has 2 aromatic carbocycles. The molecule has 32 heavy (non-hydrogen) atoms. The van der Waals surface area contributed by atoms with E-state index in [1.54, 1.807) is 23.1 Å². The van der Waals surface area contributed by atoms with Gasteiger partial charge in [0.15, 0.2) is 6.61 Å². The van der Waals surface area contributed by atoms with Gasteiger partial charge in [-0.2, -0.15) is 0 Å². The standard InChI is InChI=1S/C25H32Cl2N2O3/c1-6-18(5)28-25(31)22(7-2)29(14-19-10-11-20(26)21(27)13-19)24(30)15-32-23-12-16(3)8-9-17(23)4/h8-13,18,22H,6-7,14-15H2,1-5H3,(H,28,31)/t18-,22+/m0/s1.